The normalized spacial score (nSPS) is 12.1. The maximum atomic E-state index is 10.8. The molecule has 0 spiro atoms. The highest BCUT2D eigenvalue weighted by molar-refractivity contribution is 8.13. The monoisotopic (exact) mass is 267 g/mol. The second-order valence-electron chi connectivity index (χ2n) is 4.22. The first-order valence-electron chi connectivity index (χ1n) is 6.25. The van der Waals surface area contributed by atoms with Crippen LogP contribution < -0.4 is 10.5 Å². The van der Waals surface area contributed by atoms with E-state index in [0.717, 1.165) is 37.4 Å². The molecule has 0 aliphatic rings. The molecule has 1 atom stereocenters. The molecule has 0 radical (unpaired) electrons. The van der Waals surface area contributed by atoms with Gasteiger partial charge < -0.3 is 10.5 Å². The number of rotatable bonds is 8. The predicted molar refractivity (Wildman–Crippen MR) is 76.9 cm³/mol. The van der Waals surface area contributed by atoms with Gasteiger partial charge in [0.1, 0.15) is 5.75 Å². The summed E-state index contributed by atoms with van der Waals surface area (Å²) in [4.78, 5) is 10.8. The third-order valence-electron chi connectivity index (χ3n) is 2.48. The van der Waals surface area contributed by atoms with Gasteiger partial charge in [0, 0.05) is 18.7 Å². The standard InChI is InChI=1S/C14H21NO2S/c1-12(16)18-11-13(15)7-5-6-10-17-14-8-3-2-4-9-14/h2-4,8-9,13H,5-7,10-11,15H2,1H3. The SMILES string of the molecule is CC(=O)SCC(N)CCCCOc1ccccc1. The Bertz CT molecular complexity index is 343. The molecule has 1 aromatic rings. The van der Waals surface area contributed by atoms with Crippen molar-refractivity contribution >= 4 is 16.9 Å². The zero-order valence-electron chi connectivity index (χ0n) is 10.8. The molecule has 100 valence electrons. The Morgan fingerprint density at radius 3 is 2.72 bits per heavy atom. The van der Waals surface area contributed by atoms with E-state index in [9.17, 15) is 4.79 Å². The third kappa shape index (κ3) is 7.35. The van der Waals surface area contributed by atoms with Crippen molar-refractivity contribution in [3.63, 3.8) is 0 Å². The molecule has 0 aliphatic carbocycles. The Morgan fingerprint density at radius 1 is 1.33 bits per heavy atom. The van der Waals surface area contributed by atoms with Crippen LogP contribution in [0.5, 0.6) is 5.75 Å². The van der Waals surface area contributed by atoms with E-state index in [0.29, 0.717) is 0 Å². The Hall–Kier alpha value is -1.00. The van der Waals surface area contributed by atoms with Crippen molar-refractivity contribution in [1.82, 2.24) is 0 Å². The summed E-state index contributed by atoms with van der Waals surface area (Å²) in [6, 6.07) is 9.91. The van der Waals surface area contributed by atoms with Crippen molar-refractivity contribution in [1.29, 1.82) is 0 Å². The molecular formula is C14H21NO2S. The van der Waals surface area contributed by atoms with Gasteiger partial charge in [0.2, 0.25) is 0 Å². The van der Waals surface area contributed by atoms with Gasteiger partial charge in [-0.25, -0.2) is 0 Å². The molecule has 0 saturated heterocycles. The molecule has 1 aromatic carbocycles. The first-order valence-corrected chi connectivity index (χ1v) is 7.24. The summed E-state index contributed by atoms with van der Waals surface area (Å²) in [6.45, 7) is 2.29. The van der Waals surface area contributed by atoms with Crippen LogP contribution in [0.2, 0.25) is 0 Å². The van der Waals surface area contributed by atoms with Crippen LogP contribution >= 0.6 is 11.8 Å². The van der Waals surface area contributed by atoms with E-state index in [4.69, 9.17) is 10.5 Å². The fourth-order valence-corrected chi connectivity index (χ4v) is 2.14. The van der Waals surface area contributed by atoms with E-state index < -0.39 is 0 Å². The van der Waals surface area contributed by atoms with Crippen molar-refractivity contribution in [2.75, 3.05) is 12.4 Å². The van der Waals surface area contributed by atoms with Gasteiger partial charge in [0.15, 0.2) is 5.12 Å². The lowest BCUT2D eigenvalue weighted by Crippen LogP contribution is -2.23. The summed E-state index contributed by atoms with van der Waals surface area (Å²) in [5.74, 6) is 1.63. The van der Waals surface area contributed by atoms with Crippen LogP contribution in [-0.4, -0.2) is 23.5 Å². The first-order chi connectivity index (χ1) is 8.68. The van der Waals surface area contributed by atoms with E-state index >= 15 is 0 Å². The minimum absolute atomic E-state index is 0.107. The number of nitrogens with two attached hydrogens (primary N) is 1. The second-order valence-corrected chi connectivity index (χ2v) is 5.42. The maximum Gasteiger partial charge on any atom is 0.185 e. The predicted octanol–water partition coefficient (Wildman–Crippen LogP) is 2.84. The highest BCUT2D eigenvalue weighted by Crippen LogP contribution is 2.11. The molecule has 2 N–H and O–H groups in total. The summed E-state index contributed by atoms with van der Waals surface area (Å²) >= 11 is 1.30. The van der Waals surface area contributed by atoms with Crippen LogP contribution in [0, 0.1) is 0 Å². The van der Waals surface area contributed by atoms with Crippen molar-refractivity contribution in [2.45, 2.75) is 32.2 Å². The summed E-state index contributed by atoms with van der Waals surface area (Å²) < 4.78 is 5.59. The van der Waals surface area contributed by atoms with Crippen LogP contribution in [0.1, 0.15) is 26.2 Å². The number of unbranched alkanes of at least 4 members (excludes halogenated alkanes) is 1. The Kier molecular flexibility index (Phi) is 7.53. The molecule has 0 amide bonds. The zero-order chi connectivity index (χ0) is 13.2. The number of carbonyl (C=O) groups is 1. The van der Waals surface area contributed by atoms with Gasteiger partial charge in [-0.15, -0.1) is 0 Å². The number of carbonyl (C=O) groups excluding carboxylic acids is 1. The van der Waals surface area contributed by atoms with E-state index in [1.807, 2.05) is 30.3 Å². The van der Waals surface area contributed by atoms with Gasteiger partial charge in [0.05, 0.1) is 6.61 Å². The molecule has 0 heterocycles. The lowest BCUT2D eigenvalue weighted by Gasteiger charge is -2.10. The van der Waals surface area contributed by atoms with E-state index in [1.54, 1.807) is 6.92 Å². The molecule has 0 saturated carbocycles. The van der Waals surface area contributed by atoms with Crippen LogP contribution in [-0.2, 0) is 4.79 Å². The lowest BCUT2D eigenvalue weighted by atomic mass is 10.1. The molecule has 1 rings (SSSR count). The van der Waals surface area contributed by atoms with Crippen molar-refractivity contribution in [3.05, 3.63) is 30.3 Å². The van der Waals surface area contributed by atoms with Crippen LogP contribution in [0.15, 0.2) is 30.3 Å². The molecule has 0 aliphatic heterocycles. The highest BCUT2D eigenvalue weighted by atomic mass is 32.2. The molecule has 4 heteroatoms. The van der Waals surface area contributed by atoms with Crippen LogP contribution in [0.3, 0.4) is 0 Å². The Balaban J connectivity index is 2.00. The molecule has 3 nitrogen and oxygen atoms in total. The van der Waals surface area contributed by atoms with Gasteiger partial charge in [-0.1, -0.05) is 30.0 Å². The number of thioether (sulfide) groups is 1. The summed E-state index contributed by atoms with van der Waals surface area (Å²) in [5.41, 5.74) is 5.90. The van der Waals surface area contributed by atoms with Gasteiger partial charge >= 0.3 is 0 Å². The molecule has 0 aromatic heterocycles. The van der Waals surface area contributed by atoms with Crippen LogP contribution in [0.4, 0.5) is 0 Å². The highest BCUT2D eigenvalue weighted by Gasteiger charge is 2.04. The number of ether oxygens (including phenoxy) is 1. The third-order valence-corrected chi connectivity index (χ3v) is 3.48. The summed E-state index contributed by atoms with van der Waals surface area (Å²) in [5, 5.41) is 0.137. The summed E-state index contributed by atoms with van der Waals surface area (Å²) in [7, 11) is 0. The summed E-state index contributed by atoms with van der Waals surface area (Å²) in [6.07, 6.45) is 2.97. The number of hydrogen-bond acceptors (Lipinski definition) is 4. The molecule has 0 fully saturated rings. The average molecular weight is 267 g/mol. The van der Waals surface area contributed by atoms with E-state index in [-0.39, 0.29) is 11.2 Å². The topological polar surface area (TPSA) is 52.3 Å². The first kappa shape index (κ1) is 15.1. The Morgan fingerprint density at radius 2 is 2.06 bits per heavy atom. The lowest BCUT2D eigenvalue weighted by molar-refractivity contribution is -0.109. The van der Waals surface area contributed by atoms with Gasteiger partial charge in [-0.2, -0.15) is 0 Å². The van der Waals surface area contributed by atoms with Gasteiger partial charge in [0.25, 0.3) is 0 Å². The molecular weight excluding hydrogens is 246 g/mol. The minimum atomic E-state index is 0.107. The number of hydrogen-bond donors (Lipinski definition) is 1. The van der Waals surface area contributed by atoms with Crippen molar-refractivity contribution < 1.29 is 9.53 Å². The molecule has 0 bridgehead atoms. The van der Waals surface area contributed by atoms with Crippen molar-refractivity contribution in [2.24, 2.45) is 5.73 Å². The number of benzene rings is 1. The van der Waals surface area contributed by atoms with Gasteiger partial charge in [-0.3, -0.25) is 4.79 Å². The van der Waals surface area contributed by atoms with E-state index in [1.165, 1.54) is 11.8 Å². The fraction of sp³-hybridized carbons (Fsp3) is 0.500. The number of para-hydroxylation sites is 1. The Labute approximate surface area is 113 Å². The second kappa shape index (κ2) is 9.00. The fourth-order valence-electron chi connectivity index (χ4n) is 1.52. The maximum absolute atomic E-state index is 10.8. The van der Waals surface area contributed by atoms with Gasteiger partial charge in [-0.05, 0) is 31.4 Å². The average Bonchev–Trinajstić information content (AvgIpc) is 2.37. The quantitative estimate of drug-likeness (QED) is 0.736. The smallest absolute Gasteiger partial charge is 0.185 e. The van der Waals surface area contributed by atoms with Crippen LogP contribution in [0.25, 0.3) is 0 Å². The van der Waals surface area contributed by atoms with E-state index in [2.05, 4.69) is 0 Å². The minimum Gasteiger partial charge on any atom is -0.494 e. The molecule has 18 heavy (non-hydrogen) atoms. The molecule has 1 unspecified atom stereocenters. The largest absolute Gasteiger partial charge is 0.494 e. The zero-order valence-corrected chi connectivity index (χ0v) is 11.6. The van der Waals surface area contributed by atoms with Crippen molar-refractivity contribution in [3.8, 4) is 5.75 Å².